The largest absolute Gasteiger partial charge is 0.469 e. The molecule has 34 heavy (non-hydrogen) atoms. The Hall–Kier alpha value is -3.35. The average Bonchev–Trinajstić information content (AvgIpc) is 2.91. The molecule has 0 aromatic heterocycles. The van der Waals surface area contributed by atoms with Gasteiger partial charge in [-0.15, -0.1) is 0 Å². The standard InChI is InChI=1S/C27H34N2O5/c1-18(14-23(30)33-5)29-24(31)27(17-28-25(32)34-26(2,3)4)15-19-10-6-8-12-21(19)22-13-9-7-11-20(22)16-27/h6-13,18H,14-17H2,1-5H3,(H,28,32)(H,29,31)/t18-/m0/s1. The van der Waals surface area contributed by atoms with E-state index in [1.54, 1.807) is 27.7 Å². The van der Waals surface area contributed by atoms with Crippen LogP contribution in [0.1, 0.15) is 45.2 Å². The van der Waals surface area contributed by atoms with Crippen LogP contribution >= 0.6 is 0 Å². The molecule has 2 aromatic carbocycles. The smallest absolute Gasteiger partial charge is 0.407 e. The lowest BCUT2D eigenvalue weighted by Crippen LogP contribution is -2.53. The van der Waals surface area contributed by atoms with Gasteiger partial charge in [0.2, 0.25) is 5.91 Å². The number of esters is 1. The van der Waals surface area contributed by atoms with Crippen LogP contribution in [0.2, 0.25) is 0 Å². The van der Waals surface area contributed by atoms with Crippen LogP contribution in [0.15, 0.2) is 48.5 Å². The van der Waals surface area contributed by atoms with E-state index in [9.17, 15) is 14.4 Å². The molecular weight excluding hydrogens is 432 g/mol. The van der Waals surface area contributed by atoms with Crippen LogP contribution in [0.3, 0.4) is 0 Å². The lowest BCUT2D eigenvalue weighted by molar-refractivity contribution is -0.141. The Morgan fingerprint density at radius 1 is 0.971 bits per heavy atom. The summed E-state index contributed by atoms with van der Waals surface area (Å²) >= 11 is 0. The molecule has 0 fully saturated rings. The summed E-state index contributed by atoms with van der Waals surface area (Å²) in [6.07, 6.45) is 0.327. The Labute approximate surface area is 201 Å². The van der Waals surface area contributed by atoms with Crippen LogP contribution < -0.4 is 10.6 Å². The zero-order chi connectivity index (χ0) is 24.9. The zero-order valence-corrected chi connectivity index (χ0v) is 20.6. The van der Waals surface area contributed by atoms with E-state index in [2.05, 4.69) is 22.8 Å². The lowest BCUT2D eigenvalue weighted by Gasteiger charge is -2.34. The van der Waals surface area contributed by atoms with Crippen LogP contribution in [0.5, 0.6) is 0 Å². The minimum atomic E-state index is -0.982. The maximum absolute atomic E-state index is 13.8. The number of hydrogen-bond acceptors (Lipinski definition) is 5. The van der Waals surface area contributed by atoms with Gasteiger partial charge in [-0.2, -0.15) is 0 Å². The second kappa shape index (κ2) is 10.3. The van der Waals surface area contributed by atoms with Gasteiger partial charge in [0.1, 0.15) is 5.60 Å². The molecule has 2 N–H and O–H groups in total. The highest BCUT2D eigenvalue weighted by molar-refractivity contribution is 5.87. The van der Waals surface area contributed by atoms with E-state index in [4.69, 9.17) is 9.47 Å². The zero-order valence-electron chi connectivity index (χ0n) is 20.6. The Bertz CT molecular complexity index is 1010. The number of rotatable bonds is 6. The quantitative estimate of drug-likeness (QED) is 0.627. The molecule has 0 aliphatic heterocycles. The molecule has 2 aromatic rings. The fourth-order valence-electron chi connectivity index (χ4n) is 4.35. The minimum Gasteiger partial charge on any atom is -0.469 e. The van der Waals surface area contributed by atoms with Gasteiger partial charge in [-0.25, -0.2) is 4.79 Å². The number of methoxy groups -OCH3 is 1. The first-order chi connectivity index (χ1) is 16.0. The highest BCUT2D eigenvalue weighted by Crippen LogP contribution is 2.40. The molecule has 0 bridgehead atoms. The van der Waals surface area contributed by atoms with E-state index in [1.807, 2.05) is 36.4 Å². The topological polar surface area (TPSA) is 93.7 Å². The molecule has 0 unspecified atom stereocenters. The van der Waals surface area contributed by atoms with Crippen molar-refractivity contribution < 1.29 is 23.9 Å². The highest BCUT2D eigenvalue weighted by Gasteiger charge is 2.42. The molecular formula is C27H34N2O5. The summed E-state index contributed by atoms with van der Waals surface area (Å²) < 4.78 is 10.2. The summed E-state index contributed by atoms with van der Waals surface area (Å²) in [6.45, 7) is 7.23. The van der Waals surface area contributed by atoms with Gasteiger partial charge in [-0.3, -0.25) is 9.59 Å². The van der Waals surface area contributed by atoms with Crippen LogP contribution in [0.25, 0.3) is 11.1 Å². The first-order valence-corrected chi connectivity index (χ1v) is 11.5. The molecule has 7 heteroatoms. The van der Waals surface area contributed by atoms with Crippen molar-refractivity contribution in [3.63, 3.8) is 0 Å². The Kier molecular flexibility index (Phi) is 7.64. The fraction of sp³-hybridized carbons (Fsp3) is 0.444. The molecule has 0 saturated heterocycles. The molecule has 0 heterocycles. The second-order valence-electron chi connectivity index (χ2n) is 9.96. The first kappa shape index (κ1) is 25.3. The van der Waals surface area contributed by atoms with Crippen molar-refractivity contribution in [2.45, 2.75) is 58.6 Å². The summed E-state index contributed by atoms with van der Waals surface area (Å²) in [5, 5.41) is 5.82. The SMILES string of the molecule is COC(=O)C[C@H](C)NC(=O)C1(CNC(=O)OC(C)(C)C)Cc2ccccc2-c2ccccc2C1. The van der Waals surface area contributed by atoms with Crippen molar-refractivity contribution in [2.75, 3.05) is 13.7 Å². The van der Waals surface area contributed by atoms with Crippen LogP contribution in [-0.4, -0.2) is 43.3 Å². The predicted molar refractivity (Wildman–Crippen MR) is 130 cm³/mol. The van der Waals surface area contributed by atoms with E-state index >= 15 is 0 Å². The van der Waals surface area contributed by atoms with E-state index < -0.39 is 29.1 Å². The van der Waals surface area contributed by atoms with Crippen LogP contribution in [0, 0.1) is 5.41 Å². The number of alkyl carbamates (subject to hydrolysis) is 1. The number of nitrogens with one attached hydrogen (secondary N) is 2. The van der Waals surface area contributed by atoms with Crippen molar-refractivity contribution in [3.05, 3.63) is 59.7 Å². The van der Waals surface area contributed by atoms with Gasteiger partial charge >= 0.3 is 12.1 Å². The maximum atomic E-state index is 13.8. The van der Waals surface area contributed by atoms with E-state index in [0.717, 1.165) is 22.3 Å². The van der Waals surface area contributed by atoms with Gasteiger partial charge in [-0.1, -0.05) is 48.5 Å². The number of carbonyl (C=O) groups excluding carboxylic acids is 3. The molecule has 1 atom stereocenters. The molecule has 7 nitrogen and oxygen atoms in total. The van der Waals surface area contributed by atoms with Gasteiger partial charge in [-0.05, 0) is 62.8 Å². The Morgan fingerprint density at radius 2 is 1.50 bits per heavy atom. The number of ether oxygens (including phenoxy) is 2. The summed E-state index contributed by atoms with van der Waals surface area (Å²) in [6, 6.07) is 15.6. The van der Waals surface area contributed by atoms with E-state index in [1.165, 1.54) is 7.11 Å². The number of amides is 2. The first-order valence-electron chi connectivity index (χ1n) is 11.5. The highest BCUT2D eigenvalue weighted by atomic mass is 16.6. The van der Waals surface area contributed by atoms with E-state index in [0.29, 0.717) is 12.8 Å². The van der Waals surface area contributed by atoms with Crippen LogP contribution in [0.4, 0.5) is 4.79 Å². The minimum absolute atomic E-state index is 0.0605. The third-order valence-electron chi connectivity index (χ3n) is 5.91. The summed E-state index contributed by atoms with van der Waals surface area (Å²) in [5.74, 6) is -0.628. The lowest BCUT2D eigenvalue weighted by atomic mass is 9.76. The molecule has 0 saturated carbocycles. The summed E-state index contributed by atoms with van der Waals surface area (Å²) in [7, 11) is 1.32. The summed E-state index contributed by atoms with van der Waals surface area (Å²) in [4.78, 5) is 38.1. The normalized spacial score (nSPS) is 15.1. The molecule has 2 amide bonds. The third-order valence-corrected chi connectivity index (χ3v) is 5.91. The molecule has 1 aliphatic rings. The molecule has 0 radical (unpaired) electrons. The van der Waals surface area contributed by atoms with Gasteiger partial charge in [0.15, 0.2) is 0 Å². The average molecular weight is 467 g/mol. The Morgan fingerprint density at radius 3 is 2.00 bits per heavy atom. The van der Waals surface area contributed by atoms with Crippen molar-refractivity contribution in [1.29, 1.82) is 0 Å². The van der Waals surface area contributed by atoms with Crippen molar-refractivity contribution in [1.82, 2.24) is 10.6 Å². The predicted octanol–water partition coefficient (Wildman–Crippen LogP) is 4.03. The van der Waals surface area contributed by atoms with Gasteiger partial charge < -0.3 is 20.1 Å². The van der Waals surface area contributed by atoms with Crippen LogP contribution in [-0.2, 0) is 31.9 Å². The van der Waals surface area contributed by atoms with Crippen molar-refractivity contribution in [3.8, 4) is 11.1 Å². The molecule has 1 aliphatic carbocycles. The molecule has 3 rings (SSSR count). The second-order valence-corrected chi connectivity index (χ2v) is 9.96. The molecule has 0 spiro atoms. The third kappa shape index (κ3) is 6.16. The summed E-state index contributed by atoms with van der Waals surface area (Å²) in [5.41, 5.74) is 2.56. The molecule has 182 valence electrons. The number of carbonyl (C=O) groups is 3. The van der Waals surface area contributed by atoms with Gasteiger partial charge in [0.25, 0.3) is 0 Å². The van der Waals surface area contributed by atoms with Crippen molar-refractivity contribution in [2.24, 2.45) is 5.41 Å². The maximum Gasteiger partial charge on any atom is 0.407 e. The van der Waals surface area contributed by atoms with Gasteiger partial charge in [0.05, 0.1) is 18.9 Å². The number of hydrogen-bond donors (Lipinski definition) is 2. The Balaban J connectivity index is 1.98. The van der Waals surface area contributed by atoms with Crippen molar-refractivity contribution >= 4 is 18.0 Å². The fourth-order valence-corrected chi connectivity index (χ4v) is 4.35. The number of fused-ring (bicyclic) bond motifs is 3. The monoisotopic (exact) mass is 466 g/mol. The van der Waals surface area contributed by atoms with Gasteiger partial charge in [0, 0.05) is 12.6 Å². The number of benzene rings is 2. The van der Waals surface area contributed by atoms with E-state index in [-0.39, 0.29) is 18.9 Å².